The molecule has 0 radical (unpaired) electrons. The summed E-state index contributed by atoms with van der Waals surface area (Å²) in [5.74, 6) is 1.35. The number of hydrogen-bond donors (Lipinski definition) is 1. The fourth-order valence-corrected chi connectivity index (χ4v) is 4.48. The predicted octanol–water partition coefficient (Wildman–Crippen LogP) is 3.58. The van der Waals surface area contributed by atoms with E-state index in [1.54, 1.807) is 28.8 Å². The quantitative estimate of drug-likeness (QED) is 0.721. The normalized spacial score (nSPS) is 15.8. The van der Waals surface area contributed by atoms with E-state index in [1.807, 2.05) is 37.3 Å². The predicted molar refractivity (Wildman–Crippen MR) is 115 cm³/mol. The molecule has 6 nitrogen and oxygen atoms in total. The Morgan fingerprint density at radius 2 is 2.03 bits per heavy atom. The van der Waals surface area contributed by atoms with Gasteiger partial charge in [-0.05, 0) is 24.6 Å². The van der Waals surface area contributed by atoms with Gasteiger partial charge in [0.2, 0.25) is 5.91 Å². The van der Waals surface area contributed by atoms with Crippen LogP contribution < -0.4 is 14.8 Å². The van der Waals surface area contributed by atoms with Crippen LogP contribution in [0.1, 0.15) is 22.8 Å². The van der Waals surface area contributed by atoms with Crippen LogP contribution in [0, 0.1) is 0 Å². The molecule has 1 fully saturated rings. The highest BCUT2D eigenvalue weighted by Gasteiger charge is 2.35. The summed E-state index contributed by atoms with van der Waals surface area (Å²) in [5.41, 5.74) is 1.37. The molecule has 1 unspecified atom stereocenters. The zero-order valence-corrected chi connectivity index (χ0v) is 17.9. The van der Waals surface area contributed by atoms with Gasteiger partial charge in [0, 0.05) is 17.9 Å². The molecule has 3 rings (SSSR count). The summed E-state index contributed by atoms with van der Waals surface area (Å²) in [7, 11) is 1.49. The number of nitrogens with one attached hydrogen (secondary N) is 1. The topological polar surface area (TPSA) is 67.9 Å². The molecule has 1 heterocycles. The average Bonchev–Trinajstić information content (AvgIpc) is 3.23. The van der Waals surface area contributed by atoms with Gasteiger partial charge in [0.25, 0.3) is 5.91 Å². The van der Waals surface area contributed by atoms with E-state index < -0.39 is 6.04 Å². The Labute approximate surface area is 179 Å². The second-order valence-electron chi connectivity index (χ2n) is 6.42. The lowest BCUT2D eigenvalue weighted by Gasteiger charge is -2.24. The smallest absolute Gasteiger partial charge is 0.255 e. The van der Waals surface area contributed by atoms with Crippen LogP contribution in [0.4, 0.5) is 0 Å². The number of nitrogens with zero attached hydrogens (tertiary/aromatic N) is 1. The number of carbonyl (C=O) groups is 2. The van der Waals surface area contributed by atoms with Gasteiger partial charge in [-0.15, -0.1) is 11.8 Å². The minimum Gasteiger partial charge on any atom is -0.493 e. The molecule has 1 N–H and O–H groups in total. The van der Waals surface area contributed by atoms with E-state index >= 15 is 0 Å². The van der Waals surface area contributed by atoms with Crippen molar-refractivity contribution < 1.29 is 19.1 Å². The molecule has 2 aromatic carbocycles. The fraction of sp³-hybridized carbons (Fsp3) is 0.333. The molecule has 0 aliphatic carbocycles. The van der Waals surface area contributed by atoms with Crippen LogP contribution in [0.25, 0.3) is 0 Å². The number of thioether (sulfide) groups is 1. The van der Waals surface area contributed by atoms with Crippen LogP contribution >= 0.6 is 23.4 Å². The van der Waals surface area contributed by atoms with Crippen molar-refractivity contribution in [2.24, 2.45) is 0 Å². The standard InChI is InChI=1S/C21H23ClN2O4S/c1-3-28-19-16(22)9-15(10-18(19)27-2)21(26)24-13-29-12-17(24)20(25)23-11-14-7-5-4-6-8-14/h4-10,17H,3,11-13H2,1-2H3,(H,23,25). The lowest BCUT2D eigenvalue weighted by atomic mass is 10.1. The summed E-state index contributed by atoms with van der Waals surface area (Å²) in [5, 5.41) is 3.22. The van der Waals surface area contributed by atoms with E-state index in [1.165, 1.54) is 7.11 Å². The maximum absolute atomic E-state index is 13.1. The maximum Gasteiger partial charge on any atom is 0.255 e. The van der Waals surface area contributed by atoms with Crippen molar-refractivity contribution in [3.05, 3.63) is 58.6 Å². The average molecular weight is 435 g/mol. The molecule has 0 aromatic heterocycles. The van der Waals surface area contributed by atoms with E-state index in [0.29, 0.717) is 46.9 Å². The summed E-state index contributed by atoms with van der Waals surface area (Å²) in [6.07, 6.45) is 0. The first kappa shape index (κ1) is 21.3. The van der Waals surface area contributed by atoms with Gasteiger partial charge in [-0.2, -0.15) is 0 Å². The lowest BCUT2D eigenvalue weighted by molar-refractivity contribution is -0.124. The van der Waals surface area contributed by atoms with E-state index in [4.69, 9.17) is 21.1 Å². The number of ether oxygens (including phenoxy) is 2. The summed E-state index contributed by atoms with van der Waals surface area (Å²) in [4.78, 5) is 27.4. The molecule has 29 heavy (non-hydrogen) atoms. The molecule has 1 aliphatic heterocycles. The SMILES string of the molecule is CCOc1c(Cl)cc(C(=O)N2CSCC2C(=O)NCc2ccccc2)cc1OC. The van der Waals surface area contributed by atoms with Gasteiger partial charge in [0.15, 0.2) is 11.5 Å². The Kier molecular flexibility index (Phi) is 7.28. The Morgan fingerprint density at radius 1 is 1.28 bits per heavy atom. The zero-order valence-electron chi connectivity index (χ0n) is 16.3. The van der Waals surface area contributed by atoms with Gasteiger partial charge >= 0.3 is 0 Å². The molecule has 154 valence electrons. The first-order valence-electron chi connectivity index (χ1n) is 9.25. The Morgan fingerprint density at radius 3 is 2.72 bits per heavy atom. The van der Waals surface area contributed by atoms with Gasteiger partial charge in [-0.1, -0.05) is 41.9 Å². The zero-order chi connectivity index (χ0) is 20.8. The maximum atomic E-state index is 13.1. The van der Waals surface area contributed by atoms with Gasteiger partial charge in [-0.25, -0.2) is 0 Å². The number of hydrogen-bond acceptors (Lipinski definition) is 5. The number of benzene rings is 2. The second-order valence-corrected chi connectivity index (χ2v) is 7.82. The van der Waals surface area contributed by atoms with Crippen LogP contribution in [0.15, 0.2) is 42.5 Å². The largest absolute Gasteiger partial charge is 0.493 e. The van der Waals surface area contributed by atoms with Crippen LogP contribution in [0.5, 0.6) is 11.5 Å². The third kappa shape index (κ3) is 4.97. The van der Waals surface area contributed by atoms with Gasteiger partial charge in [0.1, 0.15) is 6.04 Å². The Hall–Kier alpha value is -2.38. The van der Waals surface area contributed by atoms with E-state index in [9.17, 15) is 9.59 Å². The monoisotopic (exact) mass is 434 g/mol. The number of carbonyl (C=O) groups excluding carboxylic acids is 2. The van der Waals surface area contributed by atoms with Gasteiger partial charge in [0.05, 0.1) is 24.6 Å². The summed E-state index contributed by atoms with van der Waals surface area (Å²) >= 11 is 7.84. The Balaban J connectivity index is 1.74. The molecule has 0 bridgehead atoms. The molecule has 1 aliphatic rings. The van der Waals surface area contributed by atoms with Crippen molar-refractivity contribution in [2.75, 3.05) is 25.3 Å². The van der Waals surface area contributed by atoms with Crippen molar-refractivity contribution in [1.29, 1.82) is 0 Å². The van der Waals surface area contributed by atoms with Gasteiger partial charge < -0.3 is 19.7 Å². The molecule has 1 saturated heterocycles. The number of halogens is 1. The van der Waals surface area contributed by atoms with Crippen LogP contribution in [0.2, 0.25) is 5.02 Å². The first-order valence-corrected chi connectivity index (χ1v) is 10.8. The highest BCUT2D eigenvalue weighted by molar-refractivity contribution is 7.99. The van der Waals surface area contributed by atoms with Gasteiger partial charge in [-0.3, -0.25) is 9.59 Å². The van der Waals surface area contributed by atoms with E-state index in [0.717, 1.165) is 5.56 Å². The molecule has 2 aromatic rings. The molecule has 8 heteroatoms. The van der Waals surface area contributed by atoms with Crippen LogP contribution in [0.3, 0.4) is 0 Å². The first-order chi connectivity index (χ1) is 14.0. The van der Waals surface area contributed by atoms with Crippen molar-refractivity contribution in [2.45, 2.75) is 19.5 Å². The molecule has 0 saturated carbocycles. The molecular weight excluding hydrogens is 412 g/mol. The lowest BCUT2D eigenvalue weighted by Crippen LogP contribution is -2.47. The van der Waals surface area contributed by atoms with Crippen molar-refractivity contribution in [3.8, 4) is 11.5 Å². The third-order valence-corrected chi connectivity index (χ3v) is 5.81. The highest BCUT2D eigenvalue weighted by atomic mass is 35.5. The minimum absolute atomic E-state index is 0.170. The number of rotatable bonds is 7. The summed E-state index contributed by atoms with van der Waals surface area (Å²) < 4.78 is 10.8. The van der Waals surface area contributed by atoms with E-state index in [-0.39, 0.29) is 11.8 Å². The fourth-order valence-electron chi connectivity index (χ4n) is 3.06. The molecule has 2 amide bonds. The van der Waals surface area contributed by atoms with E-state index in [2.05, 4.69) is 5.32 Å². The van der Waals surface area contributed by atoms with Crippen LogP contribution in [-0.4, -0.2) is 48.1 Å². The highest BCUT2D eigenvalue weighted by Crippen LogP contribution is 2.37. The Bertz CT molecular complexity index is 878. The van der Waals surface area contributed by atoms with Crippen molar-refractivity contribution in [3.63, 3.8) is 0 Å². The summed E-state index contributed by atoms with van der Waals surface area (Å²) in [6, 6.07) is 12.3. The minimum atomic E-state index is -0.535. The third-order valence-electron chi connectivity index (χ3n) is 4.52. The van der Waals surface area contributed by atoms with Crippen LogP contribution in [-0.2, 0) is 11.3 Å². The molecule has 1 atom stereocenters. The number of methoxy groups -OCH3 is 1. The molecule has 0 spiro atoms. The van der Waals surface area contributed by atoms with Crippen molar-refractivity contribution in [1.82, 2.24) is 10.2 Å². The molecular formula is C21H23ClN2O4S. The summed E-state index contributed by atoms with van der Waals surface area (Å²) in [6.45, 7) is 2.69. The van der Waals surface area contributed by atoms with Crippen molar-refractivity contribution >= 4 is 35.2 Å². The second kappa shape index (κ2) is 9.89. The number of amides is 2.